The first-order valence-corrected chi connectivity index (χ1v) is 3.59. The fourth-order valence-electron chi connectivity index (χ4n) is 0.263. The van der Waals surface area contributed by atoms with Crippen LogP contribution in [0.4, 0.5) is 9.18 Å². The largest absolute Gasteiger partial charge is 0.445 e. The Morgan fingerprint density at radius 1 is 1.80 bits per heavy atom. The van der Waals surface area contributed by atoms with Crippen molar-refractivity contribution in [3.63, 3.8) is 0 Å². The maximum Gasteiger partial charge on any atom is 0.404 e. The second kappa shape index (κ2) is 5.22. The van der Waals surface area contributed by atoms with E-state index < -0.39 is 6.09 Å². The van der Waals surface area contributed by atoms with Crippen LogP contribution >= 0.6 is 15.9 Å². The maximum atomic E-state index is 11.7. The Balaban J connectivity index is 3.56. The summed E-state index contributed by atoms with van der Waals surface area (Å²) in [6, 6.07) is 0. The molecule has 2 N–H and O–H groups in total. The minimum absolute atomic E-state index is 0.100. The third-order valence-electron chi connectivity index (χ3n) is 0.726. The van der Waals surface area contributed by atoms with E-state index in [1.54, 1.807) is 0 Å². The van der Waals surface area contributed by atoms with Crippen LogP contribution in [-0.2, 0) is 4.74 Å². The number of rotatable bonds is 3. The number of primary amides is 1. The zero-order valence-electron chi connectivity index (χ0n) is 5.14. The van der Waals surface area contributed by atoms with Crippen molar-refractivity contribution in [2.24, 2.45) is 5.73 Å². The van der Waals surface area contributed by atoms with E-state index >= 15 is 0 Å². The van der Waals surface area contributed by atoms with Crippen molar-refractivity contribution in [1.82, 2.24) is 0 Å². The number of amides is 1. The second-order valence-corrected chi connectivity index (χ2v) is 2.07. The highest BCUT2D eigenvalue weighted by atomic mass is 79.9. The summed E-state index contributed by atoms with van der Waals surface area (Å²) >= 11 is 2.99. The van der Waals surface area contributed by atoms with Crippen molar-refractivity contribution in [3.8, 4) is 0 Å². The molecule has 0 saturated heterocycles. The molecule has 0 aromatic rings. The van der Waals surface area contributed by atoms with Gasteiger partial charge in [0.25, 0.3) is 0 Å². The van der Waals surface area contributed by atoms with Crippen LogP contribution in [0.15, 0.2) is 11.9 Å². The molecule has 1 amide bonds. The third-order valence-corrected chi connectivity index (χ3v) is 1.45. The van der Waals surface area contributed by atoms with Crippen LogP contribution in [0.2, 0.25) is 0 Å². The van der Waals surface area contributed by atoms with Crippen molar-refractivity contribution in [3.05, 3.63) is 11.9 Å². The molecule has 0 heterocycles. The zero-order valence-corrected chi connectivity index (χ0v) is 6.73. The van der Waals surface area contributed by atoms with Gasteiger partial charge in [0.2, 0.25) is 0 Å². The fourth-order valence-corrected chi connectivity index (χ4v) is 0.547. The Kier molecular flexibility index (Phi) is 4.92. The van der Waals surface area contributed by atoms with E-state index in [4.69, 9.17) is 0 Å². The average Bonchev–Trinajstić information content (AvgIpc) is 1.90. The first-order chi connectivity index (χ1) is 4.70. The first kappa shape index (κ1) is 9.42. The number of hydrogen-bond donors (Lipinski definition) is 1. The number of alkyl halides is 1. The Hall–Kier alpha value is -0.580. The van der Waals surface area contributed by atoms with Crippen molar-refractivity contribution in [2.75, 3.05) is 11.9 Å². The lowest BCUT2D eigenvalue weighted by molar-refractivity contribution is 0.166. The van der Waals surface area contributed by atoms with Crippen molar-refractivity contribution in [1.29, 1.82) is 0 Å². The molecule has 58 valence electrons. The van der Waals surface area contributed by atoms with Crippen molar-refractivity contribution >= 4 is 22.0 Å². The van der Waals surface area contributed by atoms with Gasteiger partial charge in [-0.1, -0.05) is 15.9 Å². The molecule has 3 nitrogen and oxygen atoms in total. The maximum absolute atomic E-state index is 11.7. The lowest BCUT2D eigenvalue weighted by Crippen LogP contribution is -2.14. The number of nitrogens with two attached hydrogens (primary N) is 1. The van der Waals surface area contributed by atoms with Gasteiger partial charge in [0, 0.05) is 10.9 Å². The van der Waals surface area contributed by atoms with Gasteiger partial charge in [0.15, 0.2) is 0 Å². The summed E-state index contributed by atoms with van der Waals surface area (Å²) in [5, 5.41) is 0.330. The Morgan fingerprint density at radius 3 is 2.70 bits per heavy atom. The molecule has 0 aliphatic carbocycles. The summed E-state index contributed by atoms with van der Waals surface area (Å²) in [5.41, 5.74) is 4.96. The fraction of sp³-hybridized carbons (Fsp3) is 0.400. The molecular weight excluding hydrogens is 205 g/mol. The van der Waals surface area contributed by atoms with Gasteiger partial charge in [-0.25, -0.2) is 9.18 Å². The third kappa shape index (κ3) is 4.31. The van der Waals surface area contributed by atoms with Gasteiger partial charge >= 0.3 is 6.09 Å². The van der Waals surface area contributed by atoms with E-state index in [2.05, 4.69) is 26.4 Å². The summed E-state index contributed by atoms with van der Waals surface area (Å²) in [4.78, 5) is 9.97. The van der Waals surface area contributed by atoms with Crippen LogP contribution in [0.25, 0.3) is 0 Å². The van der Waals surface area contributed by atoms with Crippen LogP contribution in [-0.4, -0.2) is 18.0 Å². The molecule has 0 aromatic carbocycles. The van der Waals surface area contributed by atoms with Gasteiger partial charge in [0.05, 0.1) is 6.33 Å². The molecule has 0 radical (unpaired) electrons. The standard InChI is InChI=1S/C5H7BrFNO2/c6-1-4(2-7)3-10-5(8)9/h2H,1,3H2,(H2,8,9). The lowest BCUT2D eigenvalue weighted by atomic mass is 10.4. The second-order valence-electron chi connectivity index (χ2n) is 1.51. The molecule has 0 bridgehead atoms. The topological polar surface area (TPSA) is 52.3 Å². The van der Waals surface area contributed by atoms with Crippen LogP contribution < -0.4 is 5.73 Å². The highest BCUT2D eigenvalue weighted by molar-refractivity contribution is 9.09. The van der Waals surface area contributed by atoms with Gasteiger partial charge < -0.3 is 10.5 Å². The molecular formula is C5H7BrFNO2. The summed E-state index contributed by atoms with van der Waals surface area (Å²) in [6.45, 7) is -0.100. The molecule has 10 heavy (non-hydrogen) atoms. The number of halogens is 2. The summed E-state index contributed by atoms with van der Waals surface area (Å²) in [6.07, 6.45) is -0.530. The predicted octanol–water partition coefficient (Wildman–Crippen LogP) is 1.33. The molecule has 0 rings (SSSR count). The van der Waals surface area contributed by atoms with Gasteiger partial charge in [-0.2, -0.15) is 0 Å². The Morgan fingerprint density at radius 2 is 2.40 bits per heavy atom. The Bertz CT molecular complexity index is 149. The van der Waals surface area contributed by atoms with Crippen LogP contribution in [0.5, 0.6) is 0 Å². The quantitative estimate of drug-likeness (QED) is 0.717. The highest BCUT2D eigenvalue weighted by Crippen LogP contribution is 2.00. The summed E-state index contributed by atoms with van der Waals surface area (Å²) in [7, 11) is 0. The molecule has 0 aromatic heterocycles. The van der Waals surface area contributed by atoms with Crippen LogP contribution in [0, 0.1) is 0 Å². The van der Waals surface area contributed by atoms with E-state index in [-0.39, 0.29) is 6.61 Å². The van der Waals surface area contributed by atoms with E-state index in [0.29, 0.717) is 17.2 Å². The normalized spacial score (nSPS) is 11.2. The SMILES string of the molecule is NC(=O)OCC(=CF)CBr. The number of carbonyl (C=O) groups excluding carboxylic acids is 1. The van der Waals surface area contributed by atoms with Gasteiger partial charge in [-0.05, 0) is 0 Å². The van der Waals surface area contributed by atoms with E-state index in [1.807, 2.05) is 0 Å². The summed E-state index contributed by atoms with van der Waals surface area (Å²) < 4.78 is 16.0. The number of hydrogen-bond acceptors (Lipinski definition) is 2. The first-order valence-electron chi connectivity index (χ1n) is 2.47. The molecule has 5 heteroatoms. The highest BCUT2D eigenvalue weighted by Gasteiger charge is 1.97. The van der Waals surface area contributed by atoms with Crippen molar-refractivity contribution < 1.29 is 13.9 Å². The average molecular weight is 212 g/mol. The van der Waals surface area contributed by atoms with E-state index in [1.165, 1.54) is 0 Å². The molecule has 0 fully saturated rings. The molecule has 0 aliphatic heterocycles. The molecule has 0 saturated carbocycles. The van der Waals surface area contributed by atoms with Crippen LogP contribution in [0.1, 0.15) is 0 Å². The zero-order chi connectivity index (χ0) is 7.98. The monoisotopic (exact) mass is 211 g/mol. The van der Waals surface area contributed by atoms with E-state index in [9.17, 15) is 9.18 Å². The molecule has 0 spiro atoms. The molecule has 0 atom stereocenters. The van der Waals surface area contributed by atoms with Gasteiger partial charge in [-0.15, -0.1) is 0 Å². The molecule has 0 aliphatic rings. The lowest BCUT2D eigenvalue weighted by Gasteiger charge is -1.99. The van der Waals surface area contributed by atoms with Crippen LogP contribution in [0.3, 0.4) is 0 Å². The van der Waals surface area contributed by atoms with E-state index in [0.717, 1.165) is 0 Å². The molecule has 0 unspecified atom stereocenters. The minimum Gasteiger partial charge on any atom is -0.445 e. The smallest absolute Gasteiger partial charge is 0.404 e. The Labute approximate surface area is 66.2 Å². The minimum atomic E-state index is -0.902. The number of ether oxygens (including phenoxy) is 1. The predicted molar refractivity (Wildman–Crippen MR) is 38.5 cm³/mol. The summed E-state index contributed by atoms with van der Waals surface area (Å²) in [5.74, 6) is 0. The van der Waals surface area contributed by atoms with Gasteiger partial charge in [0.1, 0.15) is 6.61 Å². The number of carbonyl (C=O) groups is 1. The van der Waals surface area contributed by atoms with Gasteiger partial charge in [-0.3, -0.25) is 0 Å². The van der Waals surface area contributed by atoms with Crippen molar-refractivity contribution in [2.45, 2.75) is 0 Å².